The molecule has 0 aliphatic carbocycles. The average Bonchev–Trinajstić information content (AvgIpc) is 2.98. The molecule has 0 fully saturated rings. The third-order valence-electron chi connectivity index (χ3n) is 2.91. The Morgan fingerprint density at radius 1 is 0.950 bits per heavy atom. The van der Waals surface area contributed by atoms with Crippen LogP contribution in [-0.4, -0.2) is 6.26 Å². The summed E-state index contributed by atoms with van der Waals surface area (Å²) < 4.78 is 0. The average molecular weight is 337 g/mol. The fraction of sp³-hybridized carbons (Fsp3) is 0.0625. The van der Waals surface area contributed by atoms with Crippen LogP contribution in [-0.2, 0) is 0 Å². The van der Waals surface area contributed by atoms with Gasteiger partial charge in [-0.2, -0.15) is 0 Å². The number of thioether (sulfide) groups is 1. The van der Waals surface area contributed by atoms with Crippen LogP contribution in [0.2, 0.25) is 0 Å². The van der Waals surface area contributed by atoms with Crippen molar-refractivity contribution < 1.29 is 12.4 Å². The van der Waals surface area contributed by atoms with Gasteiger partial charge in [0.05, 0.1) is 4.88 Å². The van der Waals surface area contributed by atoms with Gasteiger partial charge >= 0.3 is 10.3 Å². The largest absolute Gasteiger partial charge is 1.00 e. The minimum absolute atomic E-state index is 0. The van der Waals surface area contributed by atoms with E-state index in [4.69, 9.17) is 0 Å². The highest BCUT2D eigenvalue weighted by Gasteiger charge is 2.18. The van der Waals surface area contributed by atoms with Crippen LogP contribution in [0.4, 0.5) is 0 Å². The van der Waals surface area contributed by atoms with Gasteiger partial charge in [-0.25, -0.2) is 0 Å². The zero-order valence-electron chi connectivity index (χ0n) is 10.9. The van der Waals surface area contributed by atoms with Crippen LogP contribution in [0.15, 0.2) is 65.6 Å². The van der Waals surface area contributed by atoms with E-state index >= 15 is 0 Å². The van der Waals surface area contributed by atoms with Gasteiger partial charge in [0.2, 0.25) is 0 Å². The fourth-order valence-electron chi connectivity index (χ4n) is 1.96. The van der Waals surface area contributed by atoms with Gasteiger partial charge in [0.15, 0.2) is 10.3 Å². The van der Waals surface area contributed by atoms with E-state index in [1.165, 1.54) is 25.8 Å². The van der Waals surface area contributed by atoms with Gasteiger partial charge in [-0.3, -0.25) is 0 Å². The first kappa shape index (κ1) is 15.5. The topological polar surface area (TPSA) is 0 Å². The molecule has 102 valence electrons. The van der Waals surface area contributed by atoms with Gasteiger partial charge in [0.1, 0.15) is 0 Å². The van der Waals surface area contributed by atoms with Gasteiger partial charge in [0, 0.05) is 22.1 Å². The van der Waals surface area contributed by atoms with E-state index in [0.717, 1.165) is 0 Å². The third-order valence-corrected chi connectivity index (χ3v) is 6.17. The molecule has 0 atom stereocenters. The van der Waals surface area contributed by atoms with E-state index in [2.05, 4.69) is 66.9 Å². The molecule has 0 radical (unpaired) electrons. The first-order chi connectivity index (χ1) is 9.38. The van der Waals surface area contributed by atoms with E-state index in [1.54, 1.807) is 11.8 Å². The molecule has 20 heavy (non-hydrogen) atoms. The maximum Gasteiger partial charge on any atom is 0.301 e. The highest BCUT2D eigenvalue weighted by molar-refractivity contribution is 7.98. The van der Waals surface area contributed by atoms with Crippen LogP contribution < -0.4 is 12.4 Å². The van der Waals surface area contributed by atoms with E-state index < -0.39 is 0 Å². The van der Waals surface area contributed by atoms with Crippen LogP contribution >= 0.6 is 32.4 Å². The Balaban J connectivity index is 0.00000147. The Morgan fingerprint density at radius 2 is 1.65 bits per heavy atom. The number of hydrogen-bond donors (Lipinski definition) is 0. The molecule has 1 heterocycles. The summed E-state index contributed by atoms with van der Waals surface area (Å²) in [4.78, 5) is 4.04. The quantitative estimate of drug-likeness (QED) is 0.402. The standard InChI is InChI=1S/C16H13S3.ClH/c1-17-14-10-6-5-9-13(14)16-11-15(18-19-16)12-7-3-2-4-8-12;/h2-11H,1H3;1H/q+1;/p-1. The molecule has 1 aromatic heterocycles. The van der Waals surface area contributed by atoms with E-state index in [-0.39, 0.29) is 12.4 Å². The molecular weight excluding hydrogens is 324 g/mol. The summed E-state index contributed by atoms with van der Waals surface area (Å²) in [6.45, 7) is 0. The van der Waals surface area contributed by atoms with Crippen molar-refractivity contribution in [3.63, 3.8) is 0 Å². The maximum atomic E-state index is 2.31. The third kappa shape index (κ3) is 3.23. The Hall–Kier alpha value is -0.870. The number of hydrogen-bond acceptors (Lipinski definition) is 2. The Bertz CT molecular complexity index is 677. The van der Waals surface area contributed by atoms with Crippen LogP contribution in [0.5, 0.6) is 0 Å². The van der Waals surface area contributed by atoms with Crippen molar-refractivity contribution in [2.75, 3.05) is 6.26 Å². The molecular formula is C16H13ClS3. The molecule has 4 heteroatoms. The Morgan fingerprint density at radius 3 is 2.40 bits per heavy atom. The molecule has 0 aliphatic heterocycles. The second-order valence-electron chi connectivity index (χ2n) is 4.11. The predicted octanol–water partition coefficient (Wildman–Crippen LogP) is 3.15. The first-order valence-corrected chi connectivity index (χ1v) is 9.38. The van der Waals surface area contributed by atoms with Crippen molar-refractivity contribution in [1.29, 1.82) is 0 Å². The summed E-state index contributed by atoms with van der Waals surface area (Å²) in [5.74, 6) is 0. The molecule has 0 bridgehead atoms. The van der Waals surface area contributed by atoms with Gasteiger partial charge < -0.3 is 12.4 Å². The van der Waals surface area contributed by atoms with Gasteiger partial charge in [-0.05, 0) is 24.5 Å². The lowest BCUT2D eigenvalue weighted by molar-refractivity contribution is -0.00000350. The molecule has 2 aromatic carbocycles. The van der Waals surface area contributed by atoms with Gasteiger partial charge in [0.25, 0.3) is 4.88 Å². The SMILES string of the molecule is CSc1ccccc1-c1cc(-c2ccccc2)[s+]s1.[Cl-]. The number of halogens is 1. The van der Waals surface area contributed by atoms with Crippen molar-refractivity contribution in [3.8, 4) is 20.9 Å². The molecule has 0 aliphatic rings. The van der Waals surface area contributed by atoms with Crippen molar-refractivity contribution in [1.82, 2.24) is 0 Å². The summed E-state index contributed by atoms with van der Waals surface area (Å²) in [6.07, 6.45) is 2.13. The Labute approximate surface area is 137 Å². The van der Waals surface area contributed by atoms with Crippen LogP contribution in [0, 0.1) is 0 Å². The molecule has 0 saturated carbocycles. The van der Waals surface area contributed by atoms with Crippen LogP contribution in [0.1, 0.15) is 0 Å². The predicted molar refractivity (Wildman–Crippen MR) is 89.3 cm³/mol. The summed E-state index contributed by atoms with van der Waals surface area (Å²) in [6, 6.07) is 21.5. The highest BCUT2D eigenvalue weighted by Crippen LogP contribution is 2.40. The number of rotatable bonds is 3. The molecule has 3 rings (SSSR count). The van der Waals surface area contributed by atoms with Crippen LogP contribution in [0.25, 0.3) is 20.9 Å². The first-order valence-electron chi connectivity index (χ1n) is 6.00. The van der Waals surface area contributed by atoms with Crippen LogP contribution in [0.3, 0.4) is 0 Å². The van der Waals surface area contributed by atoms with Crippen molar-refractivity contribution in [2.24, 2.45) is 0 Å². The van der Waals surface area contributed by atoms with Gasteiger partial charge in [-0.15, -0.1) is 11.8 Å². The van der Waals surface area contributed by atoms with E-state index in [1.807, 2.05) is 20.7 Å². The maximum absolute atomic E-state index is 2.31. The minimum atomic E-state index is 0. The molecule has 0 nitrogen and oxygen atoms in total. The molecule has 0 unspecified atom stereocenters. The lowest BCUT2D eigenvalue weighted by Crippen LogP contribution is -3.00. The Kier molecular flexibility index (Phi) is 5.61. The fourth-order valence-corrected chi connectivity index (χ4v) is 5.11. The van der Waals surface area contributed by atoms with Gasteiger partial charge in [-0.1, -0.05) is 36.4 Å². The smallest absolute Gasteiger partial charge is 0.301 e. The summed E-state index contributed by atoms with van der Waals surface area (Å²) in [5.41, 5.74) is 2.65. The molecule has 0 spiro atoms. The van der Waals surface area contributed by atoms with Crippen molar-refractivity contribution in [2.45, 2.75) is 4.90 Å². The molecule has 0 amide bonds. The van der Waals surface area contributed by atoms with Crippen molar-refractivity contribution >= 4 is 32.4 Å². The second kappa shape index (κ2) is 7.23. The monoisotopic (exact) mass is 336 g/mol. The van der Waals surface area contributed by atoms with Crippen molar-refractivity contribution in [3.05, 3.63) is 60.7 Å². The van der Waals surface area contributed by atoms with E-state index in [0.29, 0.717) is 0 Å². The van der Waals surface area contributed by atoms with E-state index in [9.17, 15) is 0 Å². The lowest BCUT2D eigenvalue weighted by Gasteiger charge is -2.01. The summed E-state index contributed by atoms with van der Waals surface area (Å²) in [5, 5.41) is 0. The zero-order chi connectivity index (χ0) is 13.1. The minimum Gasteiger partial charge on any atom is -1.00 e. The normalized spacial score (nSPS) is 10.1. The zero-order valence-corrected chi connectivity index (χ0v) is 14.1. The summed E-state index contributed by atoms with van der Waals surface area (Å²) >= 11 is 1.81. The number of benzene rings is 2. The molecule has 0 saturated heterocycles. The molecule has 0 N–H and O–H groups in total. The lowest BCUT2D eigenvalue weighted by atomic mass is 10.1. The highest BCUT2D eigenvalue weighted by atomic mass is 35.5. The second-order valence-corrected chi connectivity index (χ2v) is 7.17. The molecule has 3 aromatic rings. The summed E-state index contributed by atoms with van der Waals surface area (Å²) in [7, 11) is 3.70.